The molecule has 64 valence electrons. The van der Waals surface area contributed by atoms with Crippen LogP contribution in [0.4, 0.5) is 0 Å². The topological polar surface area (TPSA) is 23.8 Å². The van der Waals surface area contributed by atoms with Crippen LogP contribution in [-0.2, 0) is 0 Å². The maximum atomic E-state index is 8.85. The molecule has 0 unspecified atom stereocenters. The molecule has 13 heavy (non-hydrogen) atoms. The fourth-order valence-corrected chi connectivity index (χ4v) is 3.83. The predicted molar refractivity (Wildman–Crippen MR) is 66.5 cm³/mol. The van der Waals surface area contributed by atoms with Crippen molar-refractivity contribution in [2.75, 3.05) is 0 Å². The minimum atomic E-state index is 0.762. The molecule has 2 rings (SSSR count). The van der Waals surface area contributed by atoms with Gasteiger partial charge in [-0.15, -0.1) is 24.0 Å². The first-order valence-corrected chi connectivity index (χ1v) is 5.93. The van der Waals surface area contributed by atoms with Crippen LogP contribution >= 0.6 is 46.6 Å². The van der Waals surface area contributed by atoms with Crippen LogP contribution in [0, 0.1) is 14.9 Å². The quantitative estimate of drug-likeness (QED) is 0.582. The molecular formula is C9H4INS2. The third-order valence-electron chi connectivity index (χ3n) is 1.73. The van der Waals surface area contributed by atoms with Gasteiger partial charge in [-0.25, -0.2) is 0 Å². The van der Waals surface area contributed by atoms with E-state index in [-0.39, 0.29) is 0 Å². The highest BCUT2D eigenvalue weighted by Crippen LogP contribution is 2.31. The summed E-state index contributed by atoms with van der Waals surface area (Å²) >= 11 is 8.11. The molecule has 0 fully saturated rings. The number of halogens is 1. The van der Waals surface area contributed by atoms with Gasteiger partial charge >= 0.3 is 0 Å². The standard InChI is InChI=1S/C9H4INS2/c10-7-1-6(12)2-8-9(7)5(3-11)4-13-8/h1-2,4,12H. The summed E-state index contributed by atoms with van der Waals surface area (Å²) < 4.78 is 2.23. The van der Waals surface area contributed by atoms with E-state index in [0.29, 0.717) is 0 Å². The molecule has 0 N–H and O–H groups in total. The molecular weight excluding hydrogens is 313 g/mol. The Labute approximate surface area is 98.9 Å². The highest BCUT2D eigenvalue weighted by atomic mass is 127. The maximum absolute atomic E-state index is 8.85. The molecule has 1 nitrogen and oxygen atoms in total. The number of benzene rings is 1. The molecule has 0 aliphatic rings. The van der Waals surface area contributed by atoms with Crippen molar-refractivity contribution in [3.05, 3.63) is 26.6 Å². The molecule has 0 spiro atoms. The van der Waals surface area contributed by atoms with Crippen LogP contribution < -0.4 is 0 Å². The fourth-order valence-electron chi connectivity index (χ4n) is 1.19. The first-order valence-electron chi connectivity index (χ1n) is 3.52. The normalized spacial score (nSPS) is 10.2. The number of nitriles is 1. The zero-order valence-electron chi connectivity index (χ0n) is 6.41. The van der Waals surface area contributed by atoms with Gasteiger partial charge in [0.1, 0.15) is 6.07 Å². The monoisotopic (exact) mass is 317 g/mol. The number of thiol groups is 1. The molecule has 0 radical (unpaired) electrons. The predicted octanol–water partition coefficient (Wildman–Crippen LogP) is 3.67. The van der Waals surface area contributed by atoms with Crippen LogP contribution in [0.1, 0.15) is 5.56 Å². The Bertz CT molecular complexity index is 510. The van der Waals surface area contributed by atoms with Crippen molar-refractivity contribution in [2.45, 2.75) is 4.90 Å². The Balaban J connectivity index is 2.92. The molecule has 2 aromatic rings. The summed E-state index contributed by atoms with van der Waals surface area (Å²) in [6.07, 6.45) is 0. The van der Waals surface area contributed by atoms with Crippen LogP contribution in [-0.4, -0.2) is 0 Å². The Morgan fingerprint density at radius 3 is 2.92 bits per heavy atom. The van der Waals surface area contributed by atoms with Gasteiger partial charge in [0, 0.05) is 23.9 Å². The van der Waals surface area contributed by atoms with E-state index >= 15 is 0 Å². The Morgan fingerprint density at radius 1 is 1.46 bits per heavy atom. The first-order chi connectivity index (χ1) is 6.22. The molecule has 0 saturated heterocycles. The summed E-state index contributed by atoms with van der Waals surface area (Å²) in [5, 5.41) is 11.8. The Kier molecular flexibility index (Phi) is 2.49. The average molecular weight is 317 g/mol. The Hall–Kier alpha value is -0.250. The van der Waals surface area contributed by atoms with Gasteiger partial charge in [0.2, 0.25) is 0 Å². The largest absolute Gasteiger partial charge is 0.192 e. The first kappa shape index (κ1) is 9.31. The second kappa shape index (κ2) is 3.48. The highest BCUT2D eigenvalue weighted by Gasteiger charge is 2.07. The summed E-state index contributed by atoms with van der Waals surface area (Å²) in [6.45, 7) is 0. The van der Waals surface area contributed by atoms with Crippen molar-refractivity contribution in [3.63, 3.8) is 0 Å². The van der Waals surface area contributed by atoms with Gasteiger partial charge in [-0.1, -0.05) is 0 Å². The molecule has 1 aromatic heterocycles. The van der Waals surface area contributed by atoms with E-state index in [4.69, 9.17) is 5.26 Å². The molecule has 0 saturated carbocycles. The zero-order chi connectivity index (χ0) is 9.42. The summed E-state index contributed by atoms with van der Waals surface area (Å²) in [6, 6.07) is 6.15. The average Bonchev–Trinajstić information content (AvgIpc) is 2.47. The third kappa shape index (κ3) is 1.56. The van der Waals surface area contributed by atoms with Crippen LogP contribution in [0.25, 0.3) is 10.1 Å². The van der Waals surface area contributed by atoms with Gasteiger partial charge in [-0.05, 0) is 34.7 Å². The second-order valence-electron chi connectivity index (χ2n) is 2.56. The third-order valence-corrected chi connectivity index (χ3v) is 3.77. The Morgan fingerprint density at radius 2 is 2.23 bits per heavy atom. The van der Waals surface area contributed by atoms with Crippen molar-refractivity contribution >= 4 is 56.6 Å². The lowest BCUT2D eigenvalue weighted by Gasteiger charge is -1.96. The van der Waals surface area contributed by atoms with E-state index in [1.165, 1.54) is 0 Å². The van der Waals surface area contributed by atoms with Crippen LogP contribution in [0.3, 0.4) is 0 Å². The van der Waals surface area contributed by atoms with E-state index in [9.17, 15) is 0 Å². The van der Waals surface area contributed by atoms with Crippen molar-refractivity contribution in [1.29, 1.82) is 5.26 Å². The maximum Gasteiger partial charge on any atom is 0.101 e. The number of fused-ring (bicyclic) bond motifs is 1. The fraction of sp³-hybridized carbons (Fsp3) is 0. The number of hydrogen-bond acceptors (Lipinski definition) is 3. The van der Waals surface area contributed by atoms with Gasteiger partial charge in [0.25, 0.3) is 0 Å². The summed E-state index contributed by atoms with van der Waals surface area (Å²) in [5.41, 5.74) is 0.762. The number of nitrogens with zero attached hydrogens (tertiary/aromatic N) is 1. The van der Waals surface area contributed by atoms with E-state index in [2.05, 4.69) is 41.3 Å². The van der Waals surface area contributed by atoms with Crippen molar-refractivity contribution < 1.29 is 0 Å². The van der Waals surface area contributed by atoms with Crippen molar-refractivity contribution in [2.24, 2.45) is 0 Å². The minimum Gasteiger partial charge on any atom is -0.192 e. The smallest absolute Gasteiger partial charge is 0.101 e. The van der Waals surface area contributed by atoms with Crippen LogP contribution in [0.5, 0.6) is 0 Å². The molecule has 0 aliphatic carbocycles. The van der Waals surface area contributed by atoms with E-state index in [1.54, 1.807) is 11.3 Å². The van der Waals surface area contributed by atoms with E-state index < -0.39 is 0 Å². The number of hydrogen-bond donors (Lipinski definition) is 1. The van der Waals surface area contributed by atoms with Gasteiger partial charge in [-0.2, -0.15) is 5.26 Å². The zero-order valence-corrected chi connectivity index (χ0v) is 10.3. The molecule has 0 atom stereocenters. The number of thiophene rings is 1. The van der Waals surface area contributed by atoms with Crippen molar-refractivity contribution in [1.82, 2.24) is 0 Å². The van der Waals surface area contributed by atoms with Crippen LogP contribution in [0.15, 0.2) is 22.4 Å². The molecule has 4 heteroatoms. The molecule has 1 heterocycles. The number of rotatable bonds is 0. The minimum absolute atomic E-state index is 0.762. The van der Waals surface area contributed by atoms with E-state index in [0.717, 1.165) is 24.1 Å². The van der Waals surface area contributed by atoms with Gasteiger partial charge in [0.05, 0.1) is 5.56 Å². The molecule has 0 amide bonds. The van der Waals surface area contributed by atoms with Crippen molar-refractivity contribution in [3.8, 4) is 6.07 Å². The van der Waals surface area contributed by atoms with Gasteiger partial charge in [0.15, 0.2) is 0 Å². The van der Waals surface area contributed by atoms with Gasteiger partial charge < -0.3 is 0 Å². The SMILES string of the molecule is N#Cc1csc2cc(S)cc(I)c12. The van der Waals surface area contributed by atoms with E-state index in [1.807, 2.05) is 17.5 Å². The molecule has 0 aliphatic heterocycles. The van der Waals surface area contributed by atoms with Crippen LogP contribution in [0.2, 0.25) is 0 Å². The summed E-state index contributed by atoms with van der Waals surface area (Å²) in [5.74, 6) is 0. The lowest BCUT2D eigenvalue weighted by molar-refractivity contribution is 1.49. The summed E-state index contributed by atoms with van der Waals surface area (Å²) in [4.78, 5) is 0.947. The highest BCUT2D eigenvalue weighted by molar-refractivity contribution is 14.1. The van der Waals surface area contributed by atoms with Gasteiger partial charge in [-0.3, -0.25) is 0 Å². The lowest BCUT2D eigenvalue weighted by atomic mass is 10.2. The molecule has 0 bridgehead atoms. The second-order valence-corrected chi connectivity index (χ2v) is 5.15. The summed E-state index contributed by atoms with van der Waals surface area (Å²) in [7, 11) is 0. The lowest BCUT2D eigenvalue weighted by Crippen LogP contribution is -1.76. The molecule has 1 aromatic carbocycles.